The molecule has 1 rings (SSSR count). The van der Waals surface area contributed by atoms with Gasteiger partial charge in [0.2, 0.25) is 0 Å². The maximum absolute atomic E-state index is 5.84. The Balaban J connectivity index is 1.99. The Morgan fingerprint density at radius 2 is 1.93 bits per heavy atom. The Hall–Kier alpha value is 0.650. The van der Waals surface area contributed by atoms with Crippen molar-refractivity contribution < 1.29 is 9.47 Å². The minimum Gasteiger partial charge on any atom is -0.379 e. The molecule has 15 heavy (non-hydrogen) atoms. The van der Waals surface area contributed by atoms with E-state index in [1.54, 1.807) is 0 Å². The summed E-state index contributed by atoms with van der Waals surface area (Å²) in [6, 6.07) is 0. The summed E-state index contributed by atoms with van der Waals surface area (Å²) in [6.45, 7) is 6.70. The highest BCUT2D eigenvalue weighted by Crippen LogP contribution is 2.27. The van der Waals surface area contributed by atoms with E-state index in [0.717, 1.165) is 19.8 Å². The Labute approximate surface area is 107 Å². The zero-order valence-corrected chi connectivity index (χ0v) is 12.0. The first-order valence-electron chi connectivity index (χ1n) is 6.03. The highest BCUT2D eigenvalue weighted by Gasteiger charge is 2.22. The number of hydrogen-bond acceptors (Lipinski definition) is 2. The Morgan fingerprint density at radius 3 is 2.60 bits per heavy atom. The molecule has 0 bridgehead atoms. The van der Waals surface area contributed by atoms with Crippen molar-refractivity contribution in [2.24, 2.45) is 5.92 Å². The summed E-state index contributed by atoms with van der Waals surface area (Å²) in [5, 5.41) is 0. The van der Waals surface area contributed by atoms with Crippen LogP contribution in [0.5, 0.6) is 0 Å². The van der Waals surface area contributed by atoms with Crippen molar-refractivity contribution in [3.05, 3.63) is 0 Å². The lowest BCUT2D eigenvalue weighted by atomic mass is 9.98. The molecule has 1 aliphatic carbocycles. The first-order chi connectivity index (χ1) is 7.20. The minimum absolute atomic E-state index is 0.474. The van der Waals surface area contributed by atoms with Crippen LogP contribution in [0.25, 0.3) is 0 Å². The van der Waals surface area contributed by atoms with Gasteiger partial charge in [-0.05, 0) is 18.8 Å². The predicted octanol–water partition coefficient (Wildman–Crippen LogP) is 3.42. The minimum atomic E-state index is 0.474. The van der Waals surface area contributed by atoms with Crippen molar-refractivity contribution in [2.45, 2.75) is 49.6 Å². The third kappa shape index (κ3) is 6.07. The molecule has 0 N–H and O–H groups in total. The van der Waals surface area contributed by atoms with Gasteiger partial charge in [0.1, 0.15) is 0 Å². The molecule has 0 aromatic carbocycles. The molecule has 2 nitrogen and oxygen atoms in total. The smallest absolute Gasteiger partial charge is 0.0704 e. The summed E-state index contributed by atoms with van der Waals surface area (Å²) in [4.78, 5) is 0. The van der Waals surface area contributed by atoms with Crippen molar-refractivity contribution in [1.82, 2.24) is 0 Å². The summed E-state index contributed by atoms with van der Waals surface area (Å²) in [5.74, 6) is 0.622. The van der Waals surface area contributed by atoms with Crippen LogP contribution in [0.3, 0.4) is 0 Å². The van der Waals surface area contributed by atoms with Crippen LogP contribution in [0.1, 0.15) is 39.5 Å². The van der Waals surface area contributed by atoms with Gasteiger partial charge in [0.15, 0.2) is 0 Å². The van der Waals surface area contributed by atoms with Gasteiger partial charge >= 0.3 is 0 Å². The van der Waals surface area contributed by atoms with Gasteiger partial charge in [0.25, 0.3) is 0 Å². The van der Waals surface area contributed by atoms with Crippen molar-refractivity contribution in [2.75, 3.05) is 19.8 Å². The second-order valence-electron chi connectivity index (χ2n) is 4.68. The van der Waals surface area contributed by atoms with E-state index < -0.39 is 0 Å². The molecule has 2 atom stereocenters. The average molecular weight is 326 g/mol. The monoisotopic (exact) mass is 326 g/mol. The molecular weight excluding hydrogens is 303 g/mol. The lowest BCUT2D eigenvalue weighted by Gasteiger charge is -2.27. The molecule has 0 amide bonds. The molecule has 3 heteroatoms. The van der Waals surface area contributed by atoms with Crippen LogP contribution in [0, 0.1) is 5.92 Å². The molecule has 1 saturated carbocycles. The van der Waals surface area contributed by atoms with Crippen LogP contribution in [0.2, 0.25) is 0 Å². The van der Waals surface area contributed by atoms with Crippen LogP contribution in [0.15, 0.2) is 0 Å². The third-order valence-electron chi connectivity index (χ3n) is 2.63. The number of halogens is 1. The fourth-order valence-electron chi connectivity index (χ4n) is 1.82. The molecule has 0 aliphatic heterocycles. The van der Waals surface area contributed by atoms with E-state index in [0.29, 0.717) is 15.9 Å². The Morgan fingerprint density at radius 1 is 1.20 bits per heavy atom. The summed E-state index contributed by atoms with van der Waals surface area (Å²) in [6.07, 6.45) is 5.73. The maximum Gasteiger partial charge on any atom is 0.0704 e. The van der Waals surface area contributed by atoms with Crippen LogP contribution in [-0.2, 0) is 9.47 Å². The van der Waals surface area contributed by atoms with E-state index >= 15 is 0 Å². The van der Waals surface area contributed by atoms with Crippen LogP contribution >= 0.6 is 22.6 Å². The van der Waals surface area contributed by atoms with E-state index in [4.69, 9.17) is 9.47 Å². The van der Waals surface area contributed by atoms with Gasteiger partial charge in [-0.2, -0.15) is 0 Å². The molecule has 1 fully saturated rings. The first kappa shape index (κ1) is 13.7. The summed E-state index contributed by atoms with van der Waals surface area (Å²) in [5.41, 5.74) is 0. The quantitative estimate of drug-likeness (QED) is 0.423. The second kappa shape index (κ2) is 7.85. The molecule has 1 aliphatic rings. The Bertz CT molecular complexity index is 162. The maximum atomic E-state index is 5.84. The molecule has 0 radical (unpaired) electrons. The highest BCUT2D eigenvalue weighted by molar-refractivity contribution is 14.1. The molecule has 0 heterocycles. The van der Waals surface area contributed by atoms with E-state index in [1.807, 2.05) is 0 Å². The van der Waals surface area contributed by atoms with Crippen molar-refractivity contribution in [3.8, 4) is 0 Å². The molecule has 2 unspecified atom stereocenters. The van der Waals surface area contributed by atoms with Crippen LogP contribution in [-0.4, -0.2) is 29.8 Å². The molecule has 0 saturated heterocycles. The molecule has 0 aromatic heterocycles. The van der Waals surface area contributed by atoms with Gasteiger partial charge in [0, 0.05) is 10.5 Å². The fourth-order valence-corrected chi connectivity index (χ4v) is 2.82. The highest BCUT2D eigenvalue weighted by atomic mass is 127. The van der Waals surface area contributed by atoms with Crippen LogP contribution in [0.4, 0.5) is 0 Å². The van der Waals surface area contributed by atoms with E-state index in [9.17, 15) is 0 Å². The SMILES string of the molecule is CC(C)COCCOC1CCCCC1I. The van der Waals surface area contributed by atoms with E-state index in [2.05, 4.69) is 36.4 Å². The Kier molecular flexibility index (Phi) is 7.17. The number of ether oxygens (including phenoxy) is 2. The van der Waals surface area contributed by atoms with E-state index in [1.165, 1.54) is 25.7 Å². The van der Waals surface area contributed by atoms with Crippen LogP contribution < -0.4 is 0 Å². The zero-order valence-electron chi connectivity index (χ0n) is 9.88. The normalized spacial score (nSPS) is 27.2. The number of alkyl halides is 1. The van der Waals surface area contributed by atoms with Gasteiger partial charge in [-0.3, -0.25) is 0 Å². The third-order valence-corrected chi connectivity index (χ3v) is 4.06. The van der Waals surface area contributed by atoms with E-state index in [-0.39, 0.29) is 0 Å². The average Bonchev–Trinajstić information content (AvgIpc) is 2.20. The van der Waals surface area contributed by atoms with Gasteiger partial charge in [-0.15, -0.1) is 0 Å². The number of rotatable bonds is 6. The largest absolute Gasteiger partial charge is 0.379 e. The van der Waals surface area contributed by atoms with Gasteiger partial charge in [0.05, 0.1) is 19.3 Å². The molecule has 90 valence electrons. The van der Waals surface area contributed by atoms with Crippen molar-refractivity contribution >= 4 is 22.6 Å². The summed E-state index contributed by atoms with van der Waals surface area (Å²) >= 11 is 2.52. The summed E-state index contributed by atoms with van der Waals surface area (Å²) in [7, 11) is 0. The standard InChI is InChI=1S/C12H23IO2/c1-10(2)9-14-7-8-15-12-6-4-3-5-11(12)13/h10-12H,3-9H2,1-2H3. The molecular formula is C12H23IO2. The second-order valence-corrected chi connectivity index (χ2v) is 6.28. The lowest BCUT2D eigenvalue weighted by Crippen LogP contribution is -2.29. The molecule has 0 aromatic rings. The summed E-state index contributed by atoms with van der Waals surface area (Å²) < 4.78 is 12.0. The topological polar surface area (TPSA) is 18.5 Å². The fraction of sp³-hybridized carbons (Fsp3) is 1.00. The zero-order chi connectivity index (χ0) is 11.1. The first-order valence-corrected chi connectivity index (χ1v) is 7.28. The van der Waals surface area contributed by atoms with Gasteiger partial charge in [-0.25, -0.2) is 0 Å². The van der Waals surface area contributed by atoms with Gasteiger partial charge < -0.3 is 9.47 Å². The predicted molar refractivity (Wildman–Crippen MR) is 71.7 cm³/mol. The number of hydrogen-bond donors (Lipinski definition) is 0. The lowest BCUT2D eigenvalue weighted by molar-refractivity contribution is -0.00941. The van der Waals surface area contributed by atoms with Crippen molar-refractivity contribution in [1.29, 1.82) is 0 Å². The molecule has 0 spiro atoms. The van der Waals surface area contributed by atoms with Gasteiger partial charge in [-0.1, -0.05) is 49.3 Å². The van der Waals surface area contributed by atoms with Crippen molar-refractivity contribution in [3.63, 3.8) is 0 Å².